The van der Waals surface area contributed by atoms with Crippen LogP contribution in [-0.4, -0.2) is 31.6 Å². The van der Waals surface area contributed by atoms with E-state index in [0.717, 1.165) is 31.9 Å². The van der Waals surface area contributed by atoms with Crippen molar-refractivity contribution in [2.24, 2.45) is 10.7 Å². The zero-order valence-electron chi connectivity index (χ0n) is 16.0. The highest BCUT2D eigenvalue weighted by Gasteiger charge is 2.02. The Morgan fingerprint density at radius 2 is 1.85 bits per heavy atom. The summed E-state index contributed by atoms with van der Waals surface area (Å²) in [5, 5.41) is 6.64. The molecule has 0 spiro atoms. The number of hydrogen-bond acceptors (Lipinski definition) is 4. The Labute approximate surface area is 164 Å². The number of nitrogens with one attached hydrogen (secondary N) is 2. The fraction of sp³-hybridized carbons (Fsp3) is 0.400. The molecule has 1 heterocycles. The summed E-state index contributed by atoms with van der Waals surface area (Å²) in [4.78, 5) is 18.1. The summed E-state index contributed by atoms with van der Waals surface area (Å²) in [7, 11) is 0. The molecule has 0 bridgehead atoms. The van der Waals surface area contributed by atoms with Crippen molar-refractivity contribution in [3.63, 3.8) is 0 Å². The van der Waals surface area contributed by atoms with Crippen LogP contribution in [0.3, 0.4) is 0 Å². The zero-order valence-corrected chi connectivity index (χ0v) is 16.8. The third-order valence-electron chi connectivity index (χ3n) is 3.81. The predicted octanol–water partition coefficient (Wildman–Crippen LogP) is 2.47. The molecular weight excluding hydrogens is 360 g/mol. The summed E-state index contributed by atoms with van der Waals surface area (Å²) in [5.74, 6) is 0.986. The number of amides is 1. The van der Waals surface area contributed by atoms with Crippen LogP contribution in [0, 0.1) is 0 Å². The van der Waals surface area contributed by atoms with Crippen molar-refractivity contribution >= 4 is 23.2 Å². The van der Waals surface area contributed by atoms with Crippen LogP contribution in [0.5, 0.6) is 5.75 Å². The minimum atomic E-state index is -0.480. The minimum absolute atomic E-state index is 0.104. The van der Waals surface area contributed by atoms with Crippen LogP contribution in [0.25, 0.3) is 0 Å². The van der Waals surface area contributed by atoms with E-state index in [1.807, 2.05) is 35.6 Å². The van der Waals surface area contributed by atoms with Crippen molar-refractivity contribution in [3.8, 4) is 5.75 Å². The van der Waals surface area contributed by atoms with Crippen molar-refractivity contribution in [1.29, 1.82) is 0 Å². The molecule has 4 N–H and O–H groups in total. The number of hydrogen-bond donors (Lipinski definition) is 3. The average Bonchev–Trinajstić information content (AvgIpc) is 3.13. The number of guanidine groups is 1. The van der Waals surface area contributed by atoms with Gasteiger partial charge in [-0.05, 0) is 49.6 Å². The standard InChI is InChI=1S/C20H28N4O2S/c1-3-17-9-10-18(27-17)13-24-20(22-4-2)23-12-11-15-5-7-16(8-6-15)26-14-19(21)25/h5-10H,3-4,11-14H2,1-2H3,(H2,21,25)(H2,22,23,24). The van der Waals surface area contributed by atoms with E-state index >= 15 is 0 Å². The highest BCUT2D eigenvalue weighted by Crippen LogP contribution is 2.17. The second-order valence-electron chi connectivity index (χ2n) is 5.99. The van der Waals surface area contributed by atoms with E-state index in [9.17, 15) is 4.79 Å². The van der Waals surface area contributed by atoms with Crippen LogP contribution < -0.4 is 21.1 Å². The lowest BCUT2D eigenvalue weighted by Crippen LogP contribution is -2.38. The van der Waals surface area contributed by atoms with E-state index < -0.39 is 5.91 Å². The molecule has 2 rings (SSSR count). The molecule has 0 atom stereocenters. The second kappa shape index (κ2) is 11.2. The molecule has 0 unspecified atom stereocenters. The number of aryl methyl sites for hydroxylation is 1. The second-order valence-corrected chi connectivity index (χ2v) is 7.25. The van der Waals surface area contributed by atoms with Gasteiger partial charge in [0.15, 0.2) is 12.6 Å². The van der Waals surface area contributed by atoms with E-state index in [1.165, 1.54) is 15.3 Å². The lowest BCUT2D eigenvalue weighted by Gasteiger charge is -2.11. The Bertz CT molecular complexity index is 741. The maximum absolute atomic E-state index is 10.7. The van der Waals surface area contributed by atoms with Gasteiger partial charge in [-0.1, -0.05) is 19.1 Å². The molecule has 0 aliphatic heterocycles. The highest BCUT2D eigenvalue weighted by molar-refractivity contribution is 7.11. The van der Waals surface area contributed by atoms with Gasteiger partial charge in [0.1, 0.15) is 5.75 Å². The summed E-state index contributed by atoms with van der Waals surface area (Å²) in [6, 6.07) is 12.0. The van der Waals surface area contributed by atoms with Gasteiger partial charge in [0, 0.05) is 22.8 Å². The van der Waals surface area contributed by atoms with Gasteiger partial charge in [-0.2, -0.15) is 0 Å². The van der Waals surface area contributed by atoms with Gasteiger partial charge < -0.3 is 21.1 Å². The van der Waals surface area contributed by atoms with Crippen LogP contribution >= 0.6 is 11.3 Å². The number of thiophene rings is 1. The van der Waals surface area contributed by atoms with Crippen LogP contribution in [0.1, 0.15) is 29.2 Å². The first-order valence-corrected chi connectivity index (χ1v) is 10.0. The molecule has 0 aliphatic rings. The van der Waals surface area contributed by atoms with Crippen LogP contribution in [0.4, 0.5) is 0 Å². The van der Waals surface area contributed by atoms with E-state index in [2.05, 4.69) is 41.6 Å². The smallest absolute Gasteiger partial charge is 0.255 e. The Morgan fingerprint density at radius 1 is 1.11 bits per heavy atom. The number of carbonyl (C=O) groups excluding carboxylic acids is 1. The molecule has 0 saturated heterocycles. The summed E-state index contributed by atoms with van der Waals surface area (Å²) >= 11 is 1.82. The van der Waals surface area contributed by atoms with Crippen molar-refractivity contribution in [3.05, 3.63) is 51.7 Å². The summed E-state index contributed by atoms with van der Waals surface area (Å²) in [6.07, 6.45) is 1.93. The first-order valence-electron chi connectivity index (χ1n) is 9.20. The number of carbonyl (C=O) groups is 1. The number of nitrogens with zero attached hydrogens (tertiary/aromatic N) is 1. The van der Waals surface area contributed by atoms with Crippen molar-refractivity contribution in [2.75, 3.05) is 19.7 Å². The third-order valence-corrected chi connectivity index (χ3v) is 5.03. The maximum Gasteiger partial charge on any atom is 0.255 e. The van der Waals surface area contributed by atoms with Crippen LogP contribution in [0.2, 0.25) is 0 Å². The number of benzene rings is 1. The first kappa shape index (κ1) is 20.8. The molecule has 7 heteroatoms. The van der Waals surface area contributed by atoms with Crippen LogP contribution in [0.15, 0.2) is 41.4 Å². The van der Waals surface area contributed by atoms with Gasteiger partial charge in [-0.3, -0.25) is 4.79 Å². The highest BCUT2D eigenvalue weighted by atomic mass is 32.1. The summed E-state index contributed by atoms with van der Waals surface area (Å²) in [5.41, 5.74) is 6.25. The quantitative estimate of drug-likeness (QED) is 0.431. The molecule has 0 aliphatic carbocycles. The van der Waals surface area contributed by atoms with Crippen molar-refractivity contribution < 1.29 is 9.53 Å². The normalized spacial score (nSPS) is 11.3. The lowest BCUT2D eigenvalue weighted by atomic mass is 10.1. The van der Waals surface area contributed by atoms with Crippen molar-refractivity contribution in [2.45, 2.75) is 33.2 Å². The average molecular weight is 389 g/mol. The monoisotopic (exact) mass is 388 g/mol. The van der Waals surface area contributed by atoms with Gasteiger partial charge in [0.2, 0.25) is 0 Å². The molecule has 2 aromatic rings. The maximum atomic E-state index is 10.7. The van der Waals surface area contributed by atoms with Gasteiger partial charge in [0.25, 0.3) is 5.91 Å². The van der Waals surface area contributed by atoms with Crippen LogP contribution in [-0.2, 0) is 24.2 Å². The van der Waals surface area contributed by atoms with Gasteiger partial charge in [0.05, 0.1) is 6.54 Å². The molecular formula is C20H28N4O2S. The Kier molecular flexibility index (Phi) is 8.64. The first-order chi connectivity index (χ1) is 13.1. The molecule has 1 aromatic carbocycles. The minimum Gasteiger partial charge on any atom is -0.484 e. The summed E-state index contributed by atoms with van der Waals surface area (Å²) < 4.78 is 5.26. The zero-order chi connectivity index (χ0) is 19.5. The van der Waals surface area contributed by atoms with E-state index in [-0.39, 0.29) is 6.61 Å². The molecule has 6 nitrogen and oxygen atoms in total. The molecule has 0 radical (unpaired) electrons. The Morgan fingerprint density at radius 3 is 2.48 bits per heavy atom. The number of nitrogens with two attached hydrogens (primary N) is 1. The van der Waals surface area contributed by atoms with E-state index in [4.69, 9.17) is 10.5 Å². The van der Waals surface area contributed by atoms with Gasteiger partial charge in [-0.15, -0.1) is 11.3 Å². The number of ether oxygens (including phenoxy) is 1. The molecule has 0 saturated carbocycles. The molecule has 1 amide bonds. The fourth-order valence-corrected chi connectivity index (χ4v) is 3.31. The van der Waals surface area contributed by atoms with E-state index in [0.29, 0.717) is 12.3 Å². The van der Waals surface area contributed by atoms with Crippen molar-refractivity contribution in [1.82, 2.24) is 10.6 Å². The molecule has 0 fully saturated rings. The largest absolute Gasteiger partial charge is 0.484 e. The Hall–Kier alpha value is -2.54. The summed E-state index contributed by atoms with van der Waals surface area (Å²) in [6.45, 7) is 6.41. The number of primary amides is 1. The lowest BCUT2D eigenvalue weighted by molar-refractivity contribution is -0.119. The molecule has 27 heavy (non-hydrogen) atoms. The number of aliphatic imine (C=N–C) groups is 1. The molecule has 1 aromatic heterocycles. The molecule has 146 valence electrons. The predicted molar refractivity (Wildman–Crippen MR) is 111 cm³/mol. The SMILES string of the molecule is CCNC(=NCc1ccc(CC)s1)NCCc1ccc(OCC(N)=O)cc1. The topological polar surface area (TPSA) is 88.7 Å². The van der Waals surface area contributed by atoms with Gasteiger partial charge in [-0.25, -0.2) is 4.99 Å². The third kappa shape index (κ3) is 7.70. The Balaban J connectivity index is 1.81. The fourth-order valence-electron chi connectivity index (χ4n) is 2.43. The van der Waals surface area contributed by atoms with Gasteiger partial charge >= 0.3 is 0 Å². The number of rotatable bonds is 10. The van der Waals surface area contributed by atoms with E-state index in [1.54, 1.807) is 0 Å².